The van der Waals surface area contributed by atoms with Gasteiger partial charge in [-0.2, -0.15) is 0 Å². The van der Waals surface area contributed by atoms with E-state index in [-0.39, 0.29) is 12.5 Å². The minimum Gasteiger partial charge on any atom is -0.481 e. The third kappa shape index (κ3) is 2.98. The molecule has 0 saturated heterocycles. The van der Waals surface area contributed by atoms with E-state index < -0.39 is 5.97 Å². The summed E-state index contributed by atoms with van der Waals surface area (Å²) in [6.45, 7) is -0.218. The Bertz CT molecular complexity index is 389. The second kappa shape index (κ2) is 5.75. The topological polar surface area (TPSA) is 64.6 Å². The van der Waals surface area contributed by atoms with Crippen LogP contribution in [0.3, 0.4) is 0 Å². The summed E-state index contributed by atoms with van der Waals surface area (Å²) >= 11 is 0. The SMILES string of the molecule is CNC(=O)c1ccccc1OCC(=O)OC. The Morgan fingerprint density at radius 1 is 1.31 bits per heavy atom. The Hall–Kier alpha value is -2.04. The van der Waals surface area contributed by atoms with Gasteiger partial charge in [-0.3, -0.25) is 4.79 Å². The van der Waals surface area contributed by atoms with Gasteiger partial charge >= 0.3 is 5.97 Å². The summed E-state index contributed by atoms with van der Waals surface area (Å²) in [4.78, 5) is 22.3. The third-order valence-corrected chi connectivity index (χ3v) is 1.93. The first kappa shape index (κ1) is 12.0. The zero-order chi connectivity index (χ0) is 12.0. The van der Waals surface area contributed by atoms with E-state index >= 15 is 0 Å². The fourth-order valence-corrected chi connectivity index (χ4v) is 1.11. The van der Waals surface area contributed by atoms with Gasteiger partial charge in [0.15, 0.2) is 6.61 Å². The number of hydrogen-bond acceptors (Lipinski definition) is 4. The molecule has 5 heteroatoms. The van der Waals surface area contributed by atoms with E-state index in [9.17, 15) is 9.59 Å². The Kier molecular flexibility index (Phi) is 4.32. The second-order valence-electron chi connectivity index (χ2n) is 2.94. The van der Waals surface area contributed by atoms with Gasteiger partial charge in [0.05, 0.1) is 12.7 Å². The molecule has 0 unspecified atom stereocenters. The molecule has 5 nitrogen and oxygen atoms in total. The molecule has 86 valence electrons. The van der Waals surface area contributed by atoms with Crippen LogP contribution < -0.4 is 10.1 Å². The summed E-state index contributed by atoms with van der Waals surface area (Å²) < 4.78 is 9.61. The van der Waals surface area contributed by atoms with Crippen molar-refractivity contribution in [2.75, 3.05) is 20.8 Å². The van der Waals surface area contributed by atoms with Gasteiger partial charge in [0.1, 0.15) is 5.75 Å². The predicted molar refractivity (Wildman–Crippen MR) is 57.3 cm³/mol. The normalized spacial score (nSPS) is 9.38. The van der Waals surface area contributed by atoms with Crippen LogP contribution in [0.25, 0.3) is 0 Å². The number of ether oxygens (including phenoxy) is 2. The fraction of sp³-hybridized carbons (Fsp3) is 0.273. The third-order valence-electron chi connectivity index (χ3n) is 1.93. The van der Waals surface area contributed by atoms with Crippen molar-refractivity contribution in [2.45, 2.75) is 0 Å². The van der Waals surface area contributed by atoms with Gasteiger partial charge in [0, 0.05) is 7.05 Å². The van der Waals surface area contributed by atoms with Crippen molar-refractivity contribution < 1.29 is 19.1 Å². The van der Waals surface area contributed by atoms with Crippen LogP contribution in [0.15, 0.2) is 24.3 Å². The van der Waals surface area contributed by atoms with Crippen LogP contribution in [0.1, 0.15) is 10.4 Å². The molecule has 0 aliphatic carbocycles. The van der Waals surface area contributed by atoms with Gasteiger partial charge in [-0.15, -0.1) is 0 Å². The molecule has 0 aliphatic rings. The van der Waals surface area contributed by atoms with E-state index in [1.54, 1.807) is 24.3 Å². The smallest absolute Gasteiger partial charge is 0.343 e. The zero-order valence-electron chi connectivity index (χ0n) is 9.15. The fourth-order valence-electron chi connectivity index (χ4n) is 1.11. The molecule has 0 bridgehead atoms. The minimum absolute atomic E-state index is 0.218. The Balaban J connectivity index is 2.79. The molecular formula is C11H13NO4. The molecule has 0 atom stereocenters. The van der Waals surface area contributed by atoms with Crippen LogP contribution in [0.2, 0.25) is 0 Å². The van der Waals surface area contributed by atoms with Crippen molar-refractivity contribution in [1.29, 1.82) is 0 Å². The Labute approximate surface area is 93.4 Å². The predicted octanol–water partition coefficient (Wildman–Crippen LogP) is 0.598. The van der Waals surface area contributed by atoms with Gasteiger partial charge in [-0.1, -0.05) is 12.1 Å². The van der Waals surface area contributed by atoms with Gasteiger partial charge in [0.25, 0.3) is 5.91 Å². The molecule has 0 saturated carbocycles. The molecular weight excluding hydrogens is 210 g/mol. The van der Waals surface area contributed by atoms with Crippen LogP contribution in [0.5, 0.6) is 5.75 Å². The first-order valence-corrected chi connectivity index (χ1v) is 4.69. The van der Waals surface area contributed by atoms with Crippen LogP contribution in [-0.2, 0) is 9.53 Å². The number of methoxy groups -OCH3 is 1. The van der Waals surface area contributed by atoms with Gasteiger partial charge < -0.3 is 14.8 Å². The van der Waals surface area contributed by atoms with Crippen molar-refractivity contribution in [3.05, 3.63) is 29.8 Å². The average Bonchev–Trinajstić information content (AvgIpc) is 2.35. The van der Waals surface area contributed by atoms with E-state index in [4.69, 9.17) is 4.74 Å². The lowest BCUT2D eigenvalue weighted by Crippen LogP contribution is -2.20. The number of rotatable bonds is 4. The number of esters is 1. The summed E-state index contributed by atoms with van der Waals surface area (Å²) in [7, 11) is 2.80. The Morgan fingerprint density at radius 2 is 2.00 bits per heavy atom. The van der Waals surface area contributed by atoms with E-state index in [1.165, 1.54) is 14.2 Å². The standard InChI is InChI=1S/C11H13NO4/c1-12-11(14)8-5-3-4-6-9(8)16-7-10(13)15-2/h3-6H,7H2,1-2H3,(H,12,14). The highest BCUT2D eigenvalue weighted by Gasteiger charge is 2.11. The largest absolute Gasteiger partial charge is 0.481 e. The summed E-state index contributed by atoms with van der Waals surface area (Å²) in [5.74, 6) is -0.403. The maximum absolute atomic E-state index is 11.4. The van der Waals surface area contributed by atoms with Crippen LogP contribution in [0, 0.1) is 0 Å². The van der Waals surface area contributed by atoms with Gasteiger partial charge in [0.2, 0.25) is 0 Å². The molecule has 16 heavy (non-hydrogen) atoms. The lowest BCUT2D eigenvalue weighted by Gasteiger charge is -2.09. The van der Waals surface area contributed by atoms with Crippen molar-refractivity contribution in [1.82, 2.24) is 5.32 Å². The second-order valence-corrected chi connectivity index (χ2v) is 2.94. The lowest BCUT2D eigenvalue weighted by atomic mass is 10.2. The number of carbonyl (C=O) groups is 2. The molecule has 0 fully saturated rings. The molecule has 0 radical (unpaired) electrons. The molecule has 0 spiro atoms. The highest BCUT2D eigenvalue weighted by molar-refractivity contribution is 5.96. The summed E-state index contributed by atoms with van der Waals surface area (Å²) in [5.41, 5.74) is 0.383. The van der Waals surface area contributed by atoms with Gasteiger partial charge in [-0.05, 0) is 12.1 Å². The summed E-state index contributed by atoms with van der Waals surface area (Å²) in [5, 5.41) is 2.49. The van der Waals surface area contributed by atoms with Crippen LogP contribution in [-0.4, -0.2) is 32.6 Å². The molecule has 1 N–H and O–H groups in total. The van der Waals surface area contributed by atoms with E-state index in [0.29, 0.717) is 11.3 Å². The molecule has 1 aromatic carbocycles. The van der Waals surface area contributed by atoms with Crippen LogP contribution >= 0.6 is 0 Å². The summed E-state index contributed by atoms with van der Waals surface area (Å²) in [6, 6.07) is 6.67. The van der Waals surface area contributed by atoms with Crippen molar-refractivity contribution in [2.24, 2.45) is 0 Å². The first-order valence-electron chi connectivity index (χ1n) is 4.69. The number of hydrogen-bond donors (Lipinski definition) is 1. The molecule has 1 rings (SSSR count). The maximum atomic E-state index is 11.4. The van der Waals surface area contributed by atoms with E-state index in [1.807, 2.05) is 0 Å². The molecule has 1 amide bonds. The Morgan fingerprint density at radius 3 is 2.62 bits per heavy atom. The minimum atomic E-state index is -0.494. The molecule has 0 heterocycles. The summed E-state index contributed by atoms with van der Waals surface area (Å²) in [6.07, 6.45) is 0. The van der Waals surface area contributed by atoms with E-state index in [0.717, 1.165) is 0 Å². The number of amides is 1. The van der Waals surface area contributed by atoms with Crippen molar-refractivity contribution >= 4 is 11.9 Å². The molecule has 0 aromatic heterocycles. The van der Waals surface area contributed by atoms with Crippen molar-refractivity contribution in [3.8, 4) is 5.75 Å². The highest BCUT2D eigenvalue weighted by Crippen LogP contribution is 2.17. The monoisotopic (exact) mass is 223 g/mol. The van der Waals surface area contributed by atoms with E-state index in [2.05, 4.69) is 10.1 Å². The number of benzene rings is 1. The molecule has 0 aliphatic heterocycles. The first-order chi connectivity index (χ1) is 7.69. The zero-order valence-corrected chi connectivity index (χ0v) is 9.15. The highest BCUT2D eigenvalue weighted by atomic mass is 16.6. The van der Waals surface area contributed by atoms with Crippen molar-refractivity contribution in [3.63, 3.8) is 0 Å². The quantitative estimate of drug-likeness (QED) is 0.759. The molecule has 1 aromatic rings. The maximum Gasteiger partial charge on any atom is 0.343 e. The van der Waals surface area contributed by atoms with Crippen LogP contribution in [0.4, 0.5) is 0 Å². The number of nitrogens with one attached hydrogen (secondary N) is 1. The lowest BCUT2D eigenvalue weighted by molar-refractivity contribution is -0.142. The number of para-hydroxylation sites is 1. The number of carbonyl (C=O) groups excluding carboxylic acids is 2. The average molecular weight is 223 g/mol. The van der Waals surface area contributed by atoms with Gasteiger partial charge in [-0.25, -0.2) is 4.79 Å².